The lowest BCUT2D eigenvalue weighted by atomic mass is 9.84. The molecule has 3 aliphatic rings. The molecular formula is C36H47ClN6O3S. The predicted octanol–water partition coefficient (Wildman–Crippen LogP) is 5.56. The zero-order valence-corrected chi connectivity index (χ0v) is 29.4. The molecule has 3 fully saturated rings. The van der Waals surface area contributed by atoms with Crippen LogP contribution in [0.5, 0.6) is 0 Å². The fourth-order valence-corrected chi connectivity index (χ4v) is 9.83. The molecule has 0 N–H and O–H groups in total. The SMILES string of the molecule is Cc1ncnc(C)c1C(=O)N1CCC(C)(N2CCC(N(Cc3ccccc3)C3CCN(S(=O)(=O)c4ccccc4Cl)CC3)CC2)CC1. The van der Waals surface area contributed by atoms with Crippen molar-refractivity contribution in [3.05, 3.63) is 88.5 Å². The lowest BCUT2D eigenvalue weighted by Gasteiger charge is -2.51. The van der Waals surface area contributed by atoms with Gasteiger partial charge in [0, 0.05) is 63.4 Å². The third kappa shape index (κ3) is 7.27. The van der Waals surface area contributed by atoms with E-state index in [1.165, 1.54) is 11.9 Å². The van der Waals surface area contributed by atoms with Crippen LogP contribution in [0.1, 0.15) is 72.8 Å². The van der Waals surface area contributed by atoms with E-state index in [1.807, 2.05) is 18.7 Å². The number of amides is 1. The van der Waals surface area contributed by atoms with Crippen molar-refractivity contribution in [3.8, 4) is 0 Å². The summed E-state index contributed by atoms with van der Waals surface area (Å²) < 4.78 is 28.5. The fraction of sp³-hybridized carbons (Fsp3) is 0.528. The molecule has 11 heteroatoms. The monoisotopic (exact) mass is 678 g/mol. The van der Waals surface area contributed by atoms with Crippen LogP contribution < -0.4 is 0 Å². The highest BCUT2D eigenvalue weighted by molar-refractivity contribution is 7.89. The Morgan fingerprint density at radius 2 is 1.40 bits per heavy atom. The van der Waals surface area contributed by atoms with Crippen LogP contribution in [0.25, 0.3) is 0 Å². The second kappa shape index (κ2) is 14.3. The van der Waals surface area contributed by atoms with Crippen molar-refractivity contribution in [2.75, 3.05) is 39.3 Å². The summed E-state index contributed by atoms with van der Waals surface area (Å²) in [5.74, 6) is 0.0450. The van der Waals surface area contributed by atoms with E-state index in [0.29, 0.717) is 30.7 Å². The summed E-state index contributed by atoms with van der Waals surface area (Å²) in [7, 11) is -3.64. The lowest BCUT2D eigenvalue weighted by molar-refractivity contribution is -0.0118. The van der Waals surface area contributed by atoms with Gasteiger partial charge in [0.2, 0.25) is 10.0 Å². The van der Waals surface area contributed by atoms with Gasteiger partial charge in [0.1, 0.15) is 11.2 Å². The van der Waals surface area contributed by atoms with Gasteiger partial charge >= 0.3 is 0 Å². The molecule has 3 aliphatic heterocycles. The number of benzene rings is 2. The smallest absolute Gasteiger partial charge is 0.257 e. The van der Waals surface area contributed by atoms with E-state index in [-0.39, 0.29) is 21.4 Å². The van der Waals surface area contributed by atoms with Gasteiger partial charge in [-0.15, -0.1) is 0 Å². The highest BCUT2D eigenvalue weighted by Crippen LogP contribution is 2.35. The second-order valence-corrected chi connectivity index (χ2v) is 16.0. The molecule has 0 unspecified atom stereocenters. The number of hydrogen-bond acceptors (Lipinski definition) is 7. The first kappa shape index (κ1) is 34.0. The summed E-state index contributed by atoms with van der Waals surface area (Å²) in [6.07, 6.45) is 7.15. The number of piperidine rings is 3. The number of hydrogen-bond donors (Lipinski definition) is 0. The zero-order valence-electron chi connectivity index (χ0n) is 27.8. The molecule has 4 heterocycles. The molecule has 0 spiro atoms. The summed E-state index contributed by atoms with van der Waals surface area (Å²) in [5, 5.41) is 0.272. The minimum atomic E-state index is -3.64. The molecule has 0 aliphatic carbocycles. The van der Waals surface area contributed by atoms with E-state index < -0.39 is 10.0 Å². The second-order valence-electron chi connectivity index (χ2n) is 13.7. The largest absolute Gasteiger partial charge is 0.338 e. The third-order valence-electron chi connectivity index (χ3n) is 10.8. The van der Waals surface area contributed by atoms with Gasteiger partial charge in [0.25, 0.3) is 5.91 Å². The number of nitrogens with zero attached hydrogens (tertiary/aromatic N) is 6. The average Bonchev–Trinajstić information content (AvgIpc) is 3.08. The van der Waals surface area contributed by atoms with Gasteiger partial charge in [-0.2, -0.15) is 4.31 Å². The number of rotatable bonds is 8. The van der Waals surface area contributed by atoms with Crippen molar-refractivity contribution in [3.63, 3.8) is 0 Å². The summed E-state index contributed by atoms with van der Waals surface area (Å²) >= 11 is 6.29. The van der Waals surface area contributed by atoms with Crippen LogP contribution in [0.4, 0.5) is 0 Å². The summed E-state index contributed by atoms with van der Waals surface area (Å²) in [4.78, 5) is 29.4. The van der Waals surface area contributed by atoms with Gasteiger partial charge in [-0.05, 0) is 77.0 Å². The summed E-state index contributed by atoms with van der Waals surface area (Å²) in [6.45, 7) is 11.5. The standard InChI is InChI=1S/C36H47ClN6O3S/c1-27-34(28(2)39-26-38-27)35(44)40-23-17-36(3,18-24-40)41-19-13-30(14-20-41)43(25-29-9-5-4-6-10-29)31-15-21-42(22-16-31)47(45,46)33-12-8-7-11-32(33)37/h4-12,26,30-31H,13-25H2,1-3H3. The first-order valence-electron chi connectivity index (χ1n) is 16.9. The molecule has 0 bridgehead atoms. The van der Waals surface area contributed by atoms with E-state index >= 15 is 0 Å². The van der Waals surface area contributed by atoms with Gasteiger partial charge in [-0.3, -0.25) is 14.6 Å². The van der Waals surface area contributed by atoms with Crippen molar-refractivity contribution in [1.82, 2.24) is 29.0 Å². The van der Waals surface area contributed by atoms with E-state index in [4.69, 9.17) is 11.6 Å². The van der Waals surface area contributed by atoms with Crippen LogP contribution in [0.15, 0.2) is 65.8 Å². The Kier molecular flexibility index (Phi) is 10.3. The minimum absolute atomic E-state index is 0.0450. The molecule has 2 aromatic carbocycles. The van der Waals surface area contributed by atoms with Crippen LogP contribution in [-0.2, 0) is 16.6 Å². The Morgan fingerprint density at radius 3 is 2.00 bits per heavy atom. The van der Waals surface area contributed by atoms with Gasteiger partial charge in [0.15, 0.2) is 0 Å². The Hall–Kier alpha value is -2.89. The number of likely N-dealkylation sites (tertiary alicyclic amines) is 2. The van der Waals surface area contributed by atoms with E-state index in [0.717, 1.165) is 82.6 Å². The first-order valence-corrected chi connectivity index (χ1v) is 18.8. The molecule has 9 nitrogen and oxygen atoms in total. The minimum Gasteiger partial charge on any atom is -0.338 e. The van der Waals surface area contributed by atoms with Crippen LogP contribution in [-0.4, -0.2) is 100 Å². The molecule has 252 valence electrons. The maximum Gasteiger partial charge on any atom is 0.257 e. The van der Waals surface area contributed by atoms with Gasteiger partial charge < -0.3 is 4.90 Å². The van der Waals surface area contributed by atoms with Crippen LogP contribution >= 0.6 is 11.6 Å². The van der Waals surface area contributed by atoms with E-state index in [2.05, 4.69) is 57.0 Å². The molecule has 0 atom stereocenters. The normalized spacial score (nSPS) is 20.5. The number of carbonyl (C=O) groups excluding carboxylic acids is 1. The average molecular weight is 679 g/mol. The fourth-order valence-electron chi connectivity index (χ4n) is 7.86. The third-order valence-corrected chi connectivity index (χ3v) is 13.2. The quantitative estimate of drug-likeness (QED) is 0.308. The number of aryl methyl sites for hydroxylation is 2. The highest BCUT2D eigenvalue weighted by atomic mass is 35.5. The predicted molar refractivity (Wildman–Crippen MR) is 185 cm³/mol. The van der Waals surface area contributed by atoms with Gasteiger partial charge in [-0.25, -0.2) is 18.4 Å². The van der Waals surface area contributed by atoms with Crippen molar-refractivity contribution < 1.29 is 13.2 Å². The molecule has 47 heavy (non-hydrogen) atoms. The maximum atomic E-state index is 13.4. The maximum absolute atomic E-state index is 13.4. The molecule has 0 radical (unpaired) electrons. The number of halogens is 1. The van der Waals surface area contributed by atoms with Gasteiger partial charge in [-0.1, -0.05) is 54.1 Å². The Labute approximate surface area is 285 Å². The molecule has 3 saturated heterocycles. The van der Waals surface area contributed by atoms with Crippen molar-refractivity contribution in [1.29, 1.82) is 0 Å². The van der Waals surface area contributed by atoms with Crippen LogP contribution in [0, 0.1) is 13.8 Å². The number of sulfonamides is 1. The molecule has 1 amide bonds. The highest BCUT2D eigenvalue weighted by Gasteiger charge is 2.41. The number of carbonyl (C=O) groups is 1. The molecular weight excluding hydrogens is 632 g/mol. The van der Waals surface area contributed by atoms with E-state index in [1.54, 1.807) is 28.6 Å². The van der Waals surface area contributed by atoms with Crippen LogP contribution in [0.2, 0.25) is 5.02 Å². The molecule has 1 aromatic heterocycles. The van der Waals surface area contributed by atoms with Crippen molar-refractivity contribution in [2.45, 2.75) is 88.4 Å². The Bertz CT molecular complexity index is 1630. The zero-order chi connectivity index (χ0) is 33.2. The van der Waals surface area contributed by atoms with Crippen molar-refractivity contribution in [2.24, 2.45) is 0 Å². The first-order chi connectivity index (χ1) is 22.6. The molecule has 3 aromatic rings. The van der Waals surface area contributed by atoms with Crippen molar-refractivity contribution >= 4 is 27.5 Å². The van der Waals surface area contributed by atoms with Gasteiger partial charge in [0.05, 0.1) is 22.0 Å². The molecule has 6 rings (SSSR count). The molecule has 0 saturated carbocycles. The summed E-state index contributed by atoms with van der Waals surface area (Å²) in [5.41, 5.74) is 3.47. The van der Waals surface area contributed by atoms with Crippen LogP contribution in [0.3, 0.4) is 0 Å². The lowest BCUT2D eigenvalue weighted by Crippen LogP contribution is -2.59. The Morgan fingerprint density at radius 1 is 0.851 bits per heavy atom. The van der Waals surface area contributed by atoms with E-state index in [9.17, 15) is 13.2 Å². The topological polar surface area (TPSA) is 90.0 Å². The number of aromatic nitrogens is 2. The summed E-state index contributed by atoms with van der Waals surface area (Å²) in [6, 6.07) is 18.1. The Balaban J connectivity index is 1.09.